The molecule has 2 heterocycles. The quantitative estimate of drug-likeness (QED) is 0.197. The lowest BCUT2D eigenvalue weighted by Gasteiger charge is -2.36. The number of piperazine rings is 1. The smallest absolute Gasteiger partial charge is 0.423 e. The second-order valence-electron chi connectivity index (χ2n) is 10.7. The van der Waals surface area contributed by atoms with Crippen molar-refractivity contribution in [3.63, 3.8) is 0 Å². The van der Waals surface area contributed by atoms with Gasteiger partial charge in [-0.15, -0.1) is 0 Å². The van der Waals surface area contributed by atoms with Gasteiger partial charge in [0.2, 0.25) is 11.8 Å². The minimum atomic E-state index is -4.83. The van der Waals surface area contributed by atoms with Crippen LogP contribution in [-0.4, -0.2) is 59.0 Å². The molecule has 43 heavy (non-hydrogen) atoms. The summed E-state index contributed by atoms with van der Waals surface area (Å²) < 4.78 is 59.3. The maximum absolute atomic E-state index is 13.3. The van der Waals surface area contributed by atoms with E-state index in [0.29, 0.717) is 57.7 Å². The Labute approximate surface area is 245 Å². The predicted molar refractivity (Wildman–Crippen MR) is 152 cm³/mol. The summed E-state index contributed by atoms with van der Waals surface area (Å²) >= 11 is 0. The summed E-state index contributed by atoms with van der Waals surface area (Å²) in [5, 5.41) is 14.1. The zero-order chi connectivity index (χ0) is 30.6. The number of amides is 1. The number of alkyl halides is 3. The SMILES string of the molecule is O=C(Cc1ccc(F)cc1)N1CCN(c2ccnc(OC3CCC(Nc4ccc([N+](=O)[O-])c(C(F)(F)F)c4)CC3)c2)CC1. The number of hydrogen-bond acceptors (Lipinski definition) is 7. The fourth-order valence-corrected chi connectivity index (χ4v) is 5.51. The highest BCUT2D eigenvalue weighted by molar-refractivity contribution is 5.79. The highest BCUT2D eigenvalue weighted by atomic mass is 19.4. The maximum atomic E-state index is 13.3. The Kier molecular flexibility index (Phi) is 8.97. The Morgan fingerprint density at radius 1 is 1.00 bits per heavy atom. The van der Waals surface area contributed by atoms with Gasteiger partial charge >= 0.3 is 6.18 Å². The number of rotatable bonds is 8. The Morgan fingerprint density at radius 3 is 2.35 bits per heavy atom. The molecule has 1 aromatic heterocycles. The lowest BCUT2D eigenvalue weighted by molar-refractivity contribution is -0.388. The molecule has 1 aliphatic heterocycles. The molecule has 1 N–H and O–H groups in total. The molecule has 0 unspecified atom stereocenters. The van der Waals surface area contributed by atoms with E-state index in [4.69, 9.17) is 4.74 Å². The molecule has 1 aliphatic carbocycles. The van der Waals surface area contributed by atoms with Crippen molar-refractivity contribution in [2.45, 2.75) is 50.4 Å². The van der Waals surface area contributed by atoms with Crippen LogP contribution in [0.1, 0.15) is 36.8 Å². The van der Waals surface area contributed by atoms with Gasteiger partial charge in [0.05, 0.1) is 11.3 Å². The van der Waals surface area contributed by atoms with Crippen LogP contribution in [0.5, 0.6) is 5.88 Å². The lowest BCUT2D eigenvalue weighted by Crippen LogP contribution is -2.49. The van der Waals surface area contributed by atoms with E-state index in [1.54, 1.807) is 18.3 Å². The van der Waals surface area contributed by atoms with Crippen molar-refractivity contribution in [2.75, 3.05) is 36.4 Å². The fourth-order valence-electron chi connectivity index (χ4n) is 5.51. The average molecular weight is 602 g/mol. The van der Waals surface area contributed by atoms with Crippen molar-refractivity contribution < 1.29 is 32.0 Å². The van der Waals surface area contributed by atoms with Crippen LogP contribution < -0.4 is 15.0 Å². The zero-order valence-electron chi connectivity index (χ0n) is 23.2. The molecular weight excluding hydrogens is 570 g/mol. The van der Waals surface area contributed by atoms with Crippen molar-refractivity contribution in [2.24, 2.45) is 0 Å². The molecule has 1 amide bonds. The number of halogens is 4. The Bertz CT molecular complexity index is 1440. The third-order valence-electron chi connectivity index (χ3n) is 7.82. The summed E-state index contributed by atoms with van der Waals surface area (Å²) in [6.45, 7) is 2.42. The second-order valence-corrected chi connectivity index (χ2v) is 10.7. The number of nitrogens with one attached hydrogen (secondary N) is 1. The number of nitro benzene ring substituents is 1. The van der Waals surface area contributed by atoms with Gasteiger partial charge in [0.1, 0.15) is 17.5 Å². The summed E-state index contributed by atoms with van der Waals surface area (Å²) in [7, 11) is 0. The monoisotopic (exact) mass is 601 g/mol. The molecular formula is C30H31F4N5O4. The van der Waals surface area contributed by atoms with E-state index in [1.807, 2.05) is 17.0 Å². The van der Waals surface area contributed by atoms with E-state index in [0.717, 1.165) is 23.4 Å². The number of benzene rings is 2. The molecule has 2 aromatic carbocycles. The van der Waals surface area contributed by atoms with Gasteiger partial charge in [-0.2, -0.15) is 13.2 Å². The first-order valence-corrected chi connectivity index (χ1v) is 14.1. The van der Waals surface area contributed by atoms with Gasteiger partial charge in [0.15, 0.2) is 0 Å². The number of hydrogen-bond donors (Lipinski definition) is 1. The van der Waals surface area contributed by atoms with Gasteiger partial charge in [-0.25, -0.2) is 9.37 Å². The highest BCUT2D eigenvalue weighted by Gasteiger charge is 2.38. The number of nitro groups is 1. The zero-order valence-corrected chi connectivity index (χ0v) is 23.2. The van der Waals surface area contributed by atoms with Gasteiger partial charge in [-0.1, -0.05) is 12.1 Å². The molecule has 0 spiro atoms. The van der Waals surface area contributed by atoms with Crippen molar-refractivity contribution in [1.82, 2.24) is 9.88 Å². The number of aromatic nitrogens is 1. The average Bonchev–Trinajstić information content (AvgIpc) is 2.99. The van der Waals surface area contributed by atoms with E-state index >= 15 is 0 Å². The first-order chi connectivity index (χ1) is 20.5. The third kappa shape index (κ3) is 7.70. The number of pyridine rings is 1. The van der Waals surface area contributed by atoms with Crippen molar-refractivity contribution in [3.8, 4) is 5.88 Å². The molecule has 0 radical (unpaired) electrons. The molecule has 5 rings (SSSR count). The summed E-state index contributed by atoms with van der Waals surface area (Å²) in [6.07, 6.45) is -0.403. The normalized spacial score (nSPS) is 19.2. The maximum Gasteiger partial charge on any atom is 0.423 e. The molecule has 9 nitrogen and oxygen atoms in total. The van der Waals surface area contributed by atoms with Crippen molar-refractivity contribution >= 4 is 23.0 Å². The summed E-state index contributed by atoms with van der Waals surface area (Å²) in [5.74, 6) is 0.152. The number of carbonyl (C=O) groups excluding carboxylic acids is 1. The van der Waals surface area contributed by atoms with E-state index in [-0.39, 0.29) is 36.0 Å². The van der Waals surface area contributed by atoms with Crippen LogP contribution in [0.4, 0.5) is 34.6 Å². The molecule has 1 saturated carbocycles. The molecule has 3 aromatic rings. The molecule has 2 aliphatic rings. The summed E-state index contributed by atoms with van der Waals surface area (Å²) in [5.41, 5.74) is -0.347. The Balaban J connectivity index is 1.10. The second kappa shape index (κ2) is 12.8. The van der Waals surface area contributed by atoms with Gasteiger partial charge in [-0.05, 0) is 61.6 Å². The summed E-state index contributed by atoms with van der Waals surface area (Å²) in [4.78, 5) is 31.0. The van der Waals surface area contributed by atoms with Crippen molar-refractivity contribution in [1.29, 1.82) is 0 Å². The molecule has 1 saturated heterocycles. The van der Waals surface area contributed by atoms with Crippen LogP contribution in [0, 0.1) is 15.9 Å². The fraction of sp³-hybridized carbons (Fsp3) is 0.400. The lowest BCUT2D eigenvalue weighted by atomic mass is 9.92. The minimum absolute atomic E-state index is 0.00414. The Hall–Kier alpha value is -4.42. The molecule has 0 bridgehead atoms. The van der Waals surface area contributed by atoms with Gasteiger partial charge in [0, 0.05) is 61.9 Å². The highest BCUT2D eigenvalue weighted by Crippen LogP contribution is 2.38. The van der Waals surface area contributed by atoms with E-state index in [9.17, 15) is 32.5 Å². The van der Waals surface area contributed by atoms with Crippen LogP contribution in [0.15, 0.2) is 60.8 Å². The first-order valence-electron chi connectivity index (χ1n) is 14.1. The standard InChI is InChI=1S/C30H31F4N5O4/c31-21-3-1-20(2-4-21)17-29(40)38-15-13-37(14-16-38)24-11-12-35-28(19-24)43-25-8-5-22(6-9-25)36-23-7-10-27(39(41)42)26(18-23)30(32,33)34/h1-4,7,10-12,18-19,22,25,36H,5-6,8-9,13-17H2. The molecule has 0 atom stereocenters. The van der Waals surface area contributed by atoms with Crippen LogP contribution in [0.2, 0.25) is 0 Å². The molecule has 13 heteroatoms. The van der Waals surface area contributed by atoms with Crippen LogP contribution in [0.3, 0.4) is 0 Å². The van der Waals surface area contributed by atoms with E-state index < -0.39 is 22.4 Å². The van der Waals surface area contributed by atoms with E-state index in [1.165, 1.54) is 18.2 Å². The van der Waals surface area contributed by atoms with Crippen molar-refractivity contribution in [3.05, 3.63) is 87.9 Å². The number of ether oxygens (including phenoxy) is 1. The van der Waals surface area contributed by atoms with E-state index in [2.05, 4.69) is 15.2 Å². The van der Waals surface area contributed by atoms with Gasteiger partial charge in [-0.3, -0.25) is 14.9 Å². The number of carbonyl (C=O) groups is 1. The van der Waals surface area contributed by atoms with Crippen LogP contribution in [0.25, 0.3) is 0 Å². The summed E-state index contributed by atoms with van der Waals surface area (Å²) in [6, 6.07) is 12.6. The largest absolute Gasteiger partial charge is 0.474 e. The van der Waals surface area contributed by atoms with Gasteiger partial charge in [0.25, 0.3) is 5.69 Å². The number of nitrogens with zero attached hydrogens (tertiary/aromatic N) is 4. The molecule has 2 fully saturated rings. The minimum Gasteiger partial charge on any atom is -0.474 e. The van der Waals surface area contributed by atoms with Gasteiger partial charge < -0.3 is 19.9 Å². The Morgan fingerprint density at radius 2 is 1.70 bits per heavy atom. The predicted octanol–water partition coefficient (Wildman–Crippen LogP) is 5.84. The van der Waals surface area contributed by atoms with Crippen LogP contribution >= 0.6 is 0 Å². The topological polar surface area (TPSA) is 101 Å². The van der Waals surface area contributed by atoms with Crippen LogP contribution in [-0.2, 0) is 17.4 Å². The first kappa shape index (κ1) is 30.1. The molecule has 228 valence electrons. The third-order valence-corrected chi connectivity index (χ3v) is 7.82. The number of anilines is 2.